The molecule has 2 aromatic rings. The van der Waals surface area contributed by atoms with Gasteiger partial charge in [0, 0.05) is 0 Å². The van der Waals surface area contributed by atoms with Crippen molar-refractivity contribution in [2.45, 2.75) is 13.3 Å². The number of nitrogens with two attached hydrogens (primary N) is 1. The summed E-state index contributed by atoms with van der Waals surface area (Å²) < 4.78 is 7.31. The molecule has 90 valence electrons. The smallest absolute Gasteiger partial charge is 0.157 e. The van der Waals surface area contributed by atoms with E-state index >= 15 is 0 Å². The molecule has 4 nitrogen and oxygen atoms in total. The SMILES string of the molecule is Cc1ccc(-n2cc(OCCCN)cn2)cc1. The molecule has 0 aliphatic heterocycles. The molecule has 0 saturated carbocycles. The summed E-state index contributed by atoms with van der Waals surface area (Å²) in [5.41, 5.74) is 7.67. The van der Waals surface area contributed by atoms with Crippen molar-refractivity contribution < 1.29 is 4.74 Å². The van der Waals surface area contributed by atoms with E-state index in [2.05, 4.69) is 24.2 Å². The van der Waals surface area contributed by atoms with Gasteiger partial charge in [-0.15, -0.1) is 0 Å². The van der Waals surface area contributed by atoms with E-state index in [1.54, 1.807) is 10.9 Å². The number of hydrogen-bond acceptors (Lipinski definition) is 3. The maximum atomic E-state index is 5.51. The highest BCUT2D eigenvalue weighted by atomic mass is 16.5. The van der Waals surface area contributed by atoms with Crippen LogP contribution in [0, 0.1) is 6.92 Å². The Bertz CT molecular complexity index is 462. The van der Waals surface area contributed by atoms with E-state index in [9.17, 15) is 0 Å². The van der Waals surface area contributed by atoms with E-state index in [0.717, 1.165) is 17.9 Å². The number of aromatic nitrogens is 2. The van der Waals surface area contributed by atoms with Crippen molar-refractivity contribution in [2.24, 2.45) is 5.73 Å². The lowest BCUT2D eigenvalue weighted by Crippen LogP contribution is -2.05. The van der Waals surface area contributed by atoms with Crippen LogP contribution in [-0.2, 0) is 0 Å². The third kappa shape index (κ3) is 3.07. The van der Waals surface area contributed by atoms with E-state index < -0.39 is 0 Å². The molecule has 0 aliphatic rings. The zero-order valence-corrected chi connectivity index (χ0v) is 9.97. The second kappa shape index (κ2) is 5.50. The van der Waals surface area contributed by atoms with E-state index in [1.165, 1.54) is 5.56 Å². The Labute approximate surface area is 101 Å². The molecule has 1 aromatic heterocycles. The maximum absolute atomic E-state index is 5.51. The average molecular weight is 231 g/mol. The zero-order valence-electron chi connectivity index (χ0n) is 9.97. The lowest BCUT2D eigenvalue weighted by Gasteiger charge is -2.02. The average Bonchev–Trinajstić information content (AvgIpc) is 2.79. The number of hydrogen-bond donors (Lipinski definition) is 1. The third-order valence-corrected chi connectivity index (χ3v) is 2.47. The van der Waals surface area contributed by atoms with Gasteiger partial charge in [-0.05, 0) is 32.0 Å². The first kappa shape index (κ1) is 11.7. The van der Waals surface area contributed by atoms with Crippen LogP contribution in [0.1, 0.15) is 12.0 Å². The summed E-state index contributed by atoms with van der Waals surface area (Å²) >= 11 is 0. The zero-order chi connectivity index (χ0) is 12.1. The summed E-state index contributed by atoms with van der Waals surface area (Å²) in [6, 6.07) is 8.19. The molecule has 0 radical (unpaired) electrons. The fourth-order valence-corrected chi connectivity index (χ4v) is 1.49. The van der Waals surface area contributed by atoms with Crippen molar-refractivity contribution in [1.82, 2.24) is 9.78 Å². The molecule has 2 N–H and O–H groups in total. The van der Waals surface area contributed by atoms with Gasteiger partial charge in [0.15, 0.2) is 5.75 Å². The summed E-state index contributed by atoms with van der Waals surface area (Å²) in [4.78, 5) is 0. The molecule has 0 saturated heterocycles. The number of ether oxygens (including phenoxy) is 1. The third-order valence-electron chi connectivity index (χ3n) is 2.47. The molecule has 0 fully saturated rings. The van der Waals surface area contributed by atoms with Crippen LogP contribution >= 0.6 is 0 Å². The lowest BCUT2D eigenvalue weighted by atomic mass is 10.2. The molecular formula is C13H17N3O. The van der Waals surface area contributed by atoms with Crippen LogP contribution in [0.25, 0.3) is 5.69 Å². The highest BCUT2D eigenvalue weighted by molar-refractivity contribution is 5.34. The van der Waals surface area contributed by atoms with Crippen molar-refractivity contribution in [2.75, 3.05) is 13.2 Å². The fraction of sp³-hybridized carbons (Fsp3) is 0.308. The number of aryl methyl sites for hydroxylation is 1. The van der Waals surface area contributed by atoms with Gasteiger partial charge < -0.3 is 10.5 Å². The number of rotatable bonds is 5. The molecule has 17 heavy (non-hydrogen) atoms. The Morgan fingerprint density at radius 1 is 1.29 bits per heavy atom. The highest BCUT2D eigenvalue weighted by Crippen LogP contribution is 2.14. The standard InChI is InChI=1S/C13H17N3O/c1-11-3-5-12(6-4-11)16-10-13(9-15-16)17-8-2-7-14/h3-6,9-10H,2,7-8,14H2,1H3. The van der Waals surface area contributed by atoms with Crippen LogP contribution in [0.15, 0.2) is 36.7 Å². The Kier molecular flexibility index (Phi) is 3.77. The summed E-state index contributed by atoms with van der Waals surface area (Å²) in [6.07, 6.45) is 4.45. The van der Waals surface area contributed by atoms with E-state index in [4.69, 9.17) is 10.5 Å². The maximum Gasteiger partial charge on any atom is 0.157 e. The van der Waals surface area contributed by atoms with E-state index in [0.29, 0.717) is 13.2 Å². The first-order valence-electron chi connectivity index (χ1n) is 5.74. The molecule has 2 rings (SSSR count). The van der Waals surface area contributed by atoms with E-state index in [1.807, 2.05) is 18.3 Å². The normalized spacial score (nSPS) is 10.5. The van der Waals surface area contributed by atoms with Gasteiger partial charge in [-0.1, -0.05) is 17.7 Å². The first-order chi connectivity index (χ1) is 8.29. The van der Waals surface area contributed by atoms with Gasteiger partial charge in [-0.2, -0.15) is 5.10 Å². The van der Waals surface area contributed by atoms with Crippen molar-refractivity contribution in [3.8, 4) is 11.4 Å². The fourth-order valence-electron chi connectivity index (χ4n) is 1.49. The quantitative estimate of drug-likeness (QED) is 0.800. The molecule has 0 aliphatic carbocycles. The molecule has 1 heterocycles. The van der Waals surface area contributed by atoms with Gasteiger partial charge in [0.25, 0.3) is 0 Å². The second-order valence-electron chi connectivity index (χ2n) is 3.95. The number of nitrogens with zero attached hydrogens (tertiary/aromatic N) is 2. The van der Waals surface area contributed by atoms with Gasteiger partial charge >= 0.3 is 0 Å². The van der Waals surface area contributed by atoms with Crippen molar-refractivity contribution in [3.63, 3.8) is 0 Å². The minimum atomic E-state index is 0.635. The molecule has 1 aromatic carbocycles. The van der Waals surface area contributed by atoms with Crippen molar-refractivity contribution >= 4 is 0 Å². The van der Waals surface area contributed by atoms with Gasteiger partial charge in [-0.25, -0.2) is 4.68 Å². The molecule has 0 bridgehead atoms. The summed E-state index contributed by atoms with van der Waals surface area (Å²) in [5.74, 6) is 0.777. The van der Waals surface area contributed by atoms with Crippen molar-refractivity contribution in [3.05, 3.63) is 42.2 Å². The van der Waals surface area contributed by atoms with Gasteiger partial charge in [0.2, 0.25) is 0 Å². The Morgan fingerprint density at radius 3 is 2.76 bits per heavy atom. The molecule has 0 spiro atoms. The highest BCUT2D eigenvalue weighted by Gasteiger charge is 2.01. The van der Waals surface area contributed by atoms with Crippen LogP contribution in [-0.4, -0.2) is 22.9 Å². The molecule has 0 unspecified atom stereocenters. The largest absolute Gasteiger partial charge is 0.490 e. The van der Waals surface area contributed by atoms with Crippen molar-refractivity contribution in [1.29, 1.82) is 0 Å². The van der Waals surface area contributed by atoms with Crippen LogP contribution in [0.3, 0.4) is 0 Å². The van der Waals surface area contributed by atoms with Gasteiger partial charge in [0.05, 0.1) is 24.7 Å². The Morgan fingerprint density at radius 2 is 2.06 bits per heavy atom. The Hall–Kier alpha value is -1.81. The van der Waals surface area contributed by atoms with Gasteiger partial charge in [0.1, 0.15) is 0 Å². The molecule has 0 atom stereocenters. The summed E-state index contributed by atoms with van der Waals surface area (Å²) in [7, 11) is 0. The lowest BCUT2D eigenvalue weighted by molar-refractivity contribution is 0.313. The number of benzene rings is 1. The van der Waals surface area contributed by atoms with Crippen LogP contribution < -0.4 is 10.5 Å². The summed E-state index contributed by atoms with van der Waals surface area (Å²) in [5, 5.41) is 4.26. The van der Waals surface area contributed by atoms with Crippen LogP contribution in [0.2, 0.25) is 0 Å². The summed E-state index contributed by atoms with van der Waals surface area (Å²) in [6.45, 7) is 3.34. The van der Waals surface area contributed by atoms with Gasteiger partial charge in [-0.3, -0.25) is 0 Å². The Balaban J connectivity index is 2.04. The second-order valence-corrected chi connectivity index (χ2v) is 3.95. The minimum absolute atomic E-state index is 0.635. The molecular weight excluding hydrogens is 214 g/mol. The predicted molar refractivity (Wildman–Crippen MR) is 67.5 cm³/mol. The minimum Gasteiger partial charge on any atom is -0.490 e. The van der Waals surface area contributed by atoms with E-state index in [-0.39, 0.29) is 0 Å². The predicted octanol–water partition coefficient (Wildman–Crippen LogP) is 1.91. The molecule has 0 amide bonds. The monoisotopic (exact) mass is 231 g/mol. The van der Waals surface area contributed by atoms with Crippen LogP contribution in [0.4, 0.5) is 0 Å². The molecule has 4 heteroatoms. The van der Waals surface area contributed by atoms with Crippen LogP contribution in [0.5, 0.6) is 5.75 Å². The topological polar surface area (TPSA) is 53.1 Å². The first-order valence-corrected chi connectivity index (χ1v) is 5.74.